The first-order valence-corrected chi connectivity index (χ1v) is 9.79. The van der Waals surface area contributed by atoms with Gasteiger partial charge in [0, 0.05) is 31.4 Å². The van der Waals surface area contributed by atoms with Crippen LogP contribution in [0.25, 0.3) is 0 Å². The first kappa shape index (κ1) is 22.9. The number of hydrogen-bond donors (Lipinski definition) is 2. The van der Waals surface area contributed by atoms with Gasteiger partial charge in [-0.3, -0.25) is 9.67 Å². The van der Waals surface area contributed by atoms with Gasteiger partial charge in [-0.15, -0.1) is 24.0 Å². The topological polar surface area (TPSA) is 54.2 Å². The second kappa shape index (κ2) is 12.3. The minimum absolute atomic E-state index is 0. The van der Waals surface area contributed by atoms with Gasteiger partial charge in [0.25, 0.3) is 0 Å². The molecule has 2 aromatic carbocycles. The molecule has 0 aliphatic heterocycles. The number of rotatable bonds is 8. The third-order valence-electron chi connectivity index (χ3n) is 4.65. The molecule has 1 atom stereocenters. The maximum Gasteiger partial charge on any atom is 0.191 e. The zero-order chi connectivity index (χ0) is 19.6. The molecule has 6 heteroatoms. The molecule has 0 radical (unpaired) electrons. The Morgan fingerprint density at radius 3 is 2.31 bits per heavy atom. The van der Waals surface area contributed by atoms with Crippen molar-refractivity contribution >= 4 is 29.9 Å². The number of hydrogen-bond acceptors (Lipinski definition) is 2. The molecular formula is C23H30IN5. The lowest BCUT2D eigenvalue weighted by Gasteiger charge is -2.17. The standard InChI is InChI=1S/C23H29N5.HI/c1-19(13-14-20-9-5-3-6-10-20)27-23(24-2)25-15-22-16-26-28(18-22)17-21-11-7-4-8-12-21;/h3-12,16,18-19H,13-15,17H2,1-2H3,(H2,24,25,27);1H. The molecule has 0 spiro atoms. The van der Waals surface area contributed by atoms with Gasteiger partial charge in [0.15, 0.2) is 5.96 Å². The molecule has 0 aliphatic rings. The molecule has 0 bridgehead atoms. The summed E-state index contributed by atoms with van der Waals surface area (Å²) in [5, 5.41) is 11.3. The highest BCUT2D eigenvalue weighted by Crippen LogP contribution is 2.06. The summed E-state index contributed by atoms with van der Waals surface area (Å²) < 4.78 is 1.96. The summed E-state index contributed by atoms with van der Waals surface area (Å²) in [7, 11) is 1.80. The lowest BCUT2D eigenvalue weighted by Crippen LogP contribution is -2.42. The summed E-state index contributed by atoms with van der Waals surface area (Å²) in [5.74, 6) is 0.816. The molecule has 29 heavy (non-hydrogen) atoms. The molecule has 3 rings (SSSR count). The van der Waals surface area contributed by atoms with Crippen LogP contribution in [0.5, 0.6) is 0 Å². The van der Waals surface area contributed by atoms with Gasteiger partial charge in [0.05, 0.1) is 12.7 Å². The van der Waals surface area contributed by atoms with Crippen LogP contribution in [0.3, 0.4) is 0 Å². The fourth-order valence-electron chi connectivity index (χ4n) is 3.07. The Balaban J connectivity index is 0.00000300. The van der Waals surface area contributed by atoms with Gasteiger partial charge in [-0.05, 0) is 30.9 Å². The maximum atomic E-state index is 4.46. The van der Waals surface area contributed by atoms with Gasteiger partial charge in [-0.1, -0.05) is 60.7 Å². The number of halogens is 1. The van der Waals surface area contributed by atoms with Gasteiger partial charge in [0.1, 0.15) is 0 Å². The molecule has 2 N–H and O–H groups in total. The molecule has 0 amide bonds. The number of nitrogens with zero attached hydrogens (tertiary/aromatic N) is 3. The fraction of sp³-hybridized carbons (Fsp3) is 0.304. The van der Waals surface area contributed by atoms with Crippen LogP contribution >= 0.6 is 24.0 Å². The van der Waals surface area contributed by atoms with Gasteiger partial charge in [0.2, 0.25) is 0 Å². The number of aliphatic imine (C=N–C) groups is 1. The number of guanidine groups is 1. The largest absolute Gasteiger partial charge is 0.354 e. The summed E-state index contributed by atoms with van der Waals surface area (Å²) in [6, 6.07) is 21.3. The Hall–Kier alpha value is -2.35. The van der Waals surface area contributed by atoms with E-state index in [0.717, 1.165) is 30.9 Å². The van der Waals surface area contributed by atoms with Crippen molar-refractivity contribution in [3.8, 4) is 0 Å². The first-order valence-electron chi connectivity index (χ1n) is 9.79. The van der Waals surface area contributed by atoms with Crippen molar-refractivity contribution in [3.63, 3.8) is 0 Å². The number of nitrogens with one attached hydrogen (secondary N) is 2. The number of aryl methyl sites for hydroxylation is 1. The van der Waals surface area contributed by atoms with Crippen LogP contribution in [0, 0.1) is 0 Å². The van der Waals surface area contributed by atoms with E-state index in [0.29, 0.717) is 12.6 Å². The predicted molar refractivity (Wildman–Crippen MR) is 131 cm³/mol. The molecular weight excluding hydrogens is 473 g/mol. The maximum absolute atomic E-state index is 4.46. The van der Waals surface area contributed by atoms with Gasteiger partial charge >= 0.3 is 0 Å². The lowest BCUT2D eigenvalue weighted by atomic mass is 10.1. The highest BCUT2D eigenvalue weighted by Gasteiger charge is 2.07. The molecule has 0 fully saturated rings. The van der Waals surface area contributed by atoms with E-state index in [9.17, 15) is 0 Å². The zero-order valence-corrected chi connectivity index (χ0v) is 19.4. The van der Waals surface area contributed by atoms with Crippen molar-refractivity contribution in [1.29, 1.82) is 0 Å². The lowest BCUT2D eigenvalue weighted by molar-refractivity contribution is 0.593. The number of aromatic nitrogens is 2. The van der Waals surface area contributed by atoms with Crippen LogP contribution in [0.4, 0.5) is 0 Å². The molecule has 5 nitrogen and oxygen atoms in total. The molecule has 1 aromatic heterocycles. The van der Waals surface area contributed by atoms with Crippen LogP contribution in [-0.2, 0) is 19.5 Å². The van der Waals surface area contributed by atoms with E-state index < -0.39 is 0 Å². The molecule has 1 unspecified atom stereocenters. The molecule has 0 saturated heterocycles. The average Bonchev–Trinajstić information content (AvgIpc) is 3.18. The van der Waals surface area contributed by atoms with Gasteiger partial charge < -0.3 is 10.6 Å². The molecule has 1 heterocycles. The summed E-state index contributed by atoms with van der Waals surface area (Å²) >= 11 is 0. The summed E-state index contributed by atoms with van der Waals surface area (Å²) in [4.78, 5) is 4.34. The Bertz CT molecular complexity index is 861. The van der Waals surface area contributed by atoms with Crippen LogP contribution in [0.1, 0.15) is 30.0 Å². The van der Waals surface area contributed by atoms with Crippen LogP contribution in [0.15, 0.2) is 78.0 Å². The fourth-order valence-corrected chi connectivity index (χ4v) is 3.07. The van der Waals surface area contributed by atoms with Crippen molar-refractivity contribution < 1.29 is 0 Å². The second-order valence-corrected chi connectivity index (χ2v) is 7.03. The summed E-state index contributed by atoms with van der Waals surface area (Å²) in [5.41, 5.74) is 3.75. The highest BCUT2D eigenvalue weighted by molar-refractivity contribution is 14.0. The minimum atomic E-state index is 0. The van der Waals surface area contributed by atoms with E-state index in [-0.39, 0.29) is 24.0 Å². The van der Waals surface area contributed by atoms with Crippen LogP contribution in [-0.4, -0.2) is 28.8 Å². The molecule has 0 aliphatic carbocycles. The Morgan fingerprint density at radius 1 is 1.00 bits per heavy atom. The predicted octanol–water partition coefficient (Wildman–Crippen LogP) is 4.24. The van der Waals surface area contributed by atoms with E-state index in [4.69, 9.17) is 0 Å². The SMILES string of the molecule is CN=C(NCc1cnn(Cc2ccccc2)c1)NC(C)CCc1ccccc1.I. The van der Waals surface area contributed by atoms with Crippen LogP contribution < -0.4 is 10.6 Å². The summed E-state index contributed by atoms with van der Waals surface area (Å²) in [6.45, 7) is 3.66. The first-order chi connectivity index (χ1) is 13.7. The van der Waals surface area contributed by atoms with E-state index in [1.54, 1.807) is 7.05 Å². The number of benzene rings is 2. The Labute approximate surface area is 190 Å². The van der Waals surface area contributed by atoms with E-state index in [2.05, 4.69) is 88.4 Å². The van der Waals surface area contributed by atoms with Crippen molar-refractivity contribution in [2.24, 2.45) is 4.99 Å². The van der Waals surface area contributed by atoms with E-state index in [1.165, 1.54) is 11.1 Å². The highest BCUT2D eigenvalue weighted by atomic mass is 127. The molecule has 154 valence electrons. The van der Waals surface area contributed by atoms with Crippen molar-refractivity contribution in [1.82, 2.24) is 20.4 Å². The van der Waals surface area contributed by atoms with Crippen molar-refractivity contribution in [2.45, 2.75) is 38.9 Å². The third-order valence-corrected chi connectivity index (χ3v) is 4.65. The second-order valence-electron chi connectivity index (χ2n) is 7.03. The van der Waals surface area contributed by atoms with Gasteiger partial charge in [-0.2, -0.15) is 5.10 Å². The van der Waals surface area contributed by atoms with E-state index in [1.807, 2.05) is 16.9 Å². The van der Waals surface area contributed by atoms with Crippen molar-refractivity contribution in [2.75, 3.05) is 7.05 Å². The minimum Gasteiger partial charge on any atom is -0.354 e. The smallest absolute Gasteiger partial charge is 0.191 e. The van der Waals surface area contributed by atoms with Gasteiger partial charge in [-0.25, -0.2) is 0 Å². The monoisotopic (exact) mass is 503 g/mol. The Kier molecular flexibility index (Phi) is 9.70. The molecule has 3 aromatic rings. The third kappa shape index (κ3) is 7.89. The quantitative estimate of drug-likeness (QED) is 0.275. The summed E-state index contributed by atoms with van der Waals surface area (Å²) in [6.07, 6.45) is 6.09. The van der Waals surface area contributed by atoms with Crippen LogP contribution in [0.2, 0.25) is 0 Å². The van der Waals surface area contributed by atoms with Crippen molar-refractivity contribution in [3.05, 3.63) is 89.7 Å². The molecule has 0 saturated carbocycles. The zero-order valence-electron chi connectivity index (χ0n) is 17.1. The normalized spacial score (nSPS) is 12.1. The average molecular weight is 503 g/mol. The Morgan fingerprint density at radius 2 is 1.66 bits per heavy atom. The van der Waals surface area contributed by atoms with E-state index >= 15 is 0 Å².